The Bertz CT molecular complexity index is 820. The molecular formula is C22H25Cl3N2O2. The number of hydrogen-bond donors (Lipinski definition) is 1. The minimum Gasteiger partial charge on any atom is -0.354 e. The van der Waals surface area contributed by atoms with Crippen molar-refractivity contribution in [2.75, 3.05) is 6.54 Å². The van der Waals surface area contributed by atoms with E-state index in [9.17, 15) is 9.59 Å². The molecule has 7 heteroatoms. The highest BCUT2D eigenvalue weighted by Crippen LogP contribution is 2.26. The maximum absolute atomic E-state index is 13.2. The van der Waals surface area contributed by atoms with Gasteiger partial charge in [0.1, 0.15) is 6.04 Å². The fourth-order valence-corrected chi connectivity index (χ4v) is 3.52. The molecule has 0 unspecified atom stereocenters. The Morgan fingerprint density at radius 2 is 1.66 bits per heavy atom. The summed E-state index contributed by atoms with van der Waals surface area (Å²) in [4.78, 5) is 27.3. The first-order chi connectivity index (χ1) is 13.8. The third kappa shape index (κ3) is 6.91. The molecule has 2 rings (SSSR count). The van der Waals surface area contributed by atoms with E-state index in [0.29, 0.717) is 27.2 Å². The summed E-state index contributed by atoms with van der Waals surface area (Å²) in [5, 5.41) is 4.36. The molecule has 0 aromatic heterocycles. The van der Waals surface area contributed by atoms with Gasteiger partial charge in [-0.05, 0) is 48.7 Å². The van der Waals surface area contributed by atoms with Crippen LogP contribution in [-0.4, -0.2) is 29.3 Å². The van der Waals surface area contributed by atoms with Gasteiger partial charge in [0.15, 0.2) is 0 Å². The first-order valence-corrected chi connectivity index (χ1v) is 10.7. The van der Waals surface area contributed by atoms with E-state index < -0.39 is 6.04 Å². The van der Waals surface area contributed by atoms with Crippen molar-refractivity contribution >= 4 is 46.6 Å². The van der Waals surface area contributed by atoms with Gasteiger partial charge in [0.2, 0.25) is 11.8 Å². The molecule has 2 amide bonds. The van der Waals surface area contributed by atoms with E-state index >= 15 is 0 Å². The van der Waals surface area contributed by atoms with Gasteiger partial charge < -0.3 is 10.2 Å². The van der Waals surface area contributed by atoms with Crippen LogP contribution in [0.2, 0.25) is 15.1 Å². The second-order valence-corrected chi connectivity index (χ2v) is 8.10. The first kappa shape index (κ1) is 23.5. The molecule has 29 heavy (non-hydrogen) atoms. The lowest BCUT2D eigenvalue weighted by atomic mass is 10.1. The van der Waals surface area contributed by atoms with Crippen LogP contribution in [0.25, 0.3) is 0 Å². The zero-order chi connectivity index (χ0) is 21.4. The van der Waals surface area contributed by atoms with E-state index in [2.05, 4.69) is 12.2 Å². The normalized spacial score (nSPS) is 11.8. The molecular weight excluding hydrogens is 431 g/mol. The van der Waals surface area contributed by atoms with E-state index in [0.717, 1.165) is 18.4 Å². The summed E-state index contributed by atoms with van der Waals surface area (Å²) < 4.78 is 0. The van der Waals surface area contributed by atoms with E-state index in [4.69, 9.17) is 34.8 Å². The second-order valence-electron chi connectivity index (χ2n) is 6.85. The monoisotopic (exact) mass is 454 g/mol. The zero-order valence-electron chi connectivity index (χ0n) is 16.6. The van der Waals surface area contributed by atoms with E-state index in [1.165, 1.54) is 0 Å². The van der Waals surface area contributed by atoms with Crippen molar-refractivity contribution in [2.45, 2.75) is 45.7 Å². The van der Waals surface area contributed by atoms with Crippen molar-refractivity contribution < 1.29 is 9.59 Å². The predicted octanol–water partition coefficient (Wildman–Crippen LogP) is 5.52. The summed E-state index contributed by atoms with van der Waals surface area (Å²) in [6, 6.07) is 11.7. The molecule has 156 valence electrons. The van der Waals surface area contributed by atoms with Crippen molar-refractivity contribution in [1.82, 2.24) is 10.2 Å². The topological polar surface area (TPSA) is 49.4 Å². The smallest absolute Gasteiger partial charge is 0.242 e. The van der Waals surface area contributed by atoms with Gasteiger partial charge in [-0.3, -0.25) is 9.59 Å². The van der Waals surface area contributed by atoms with Crippen LogP contribution in [0.15, 0.2) is 42.5 Å². The maximum Gasteiger partial charge on any atom is 0.242 e. The second kappa shape index (κ2) is 11.4. The van der Waals surface area contributed by atoms with Crippen LogP contribution in [0.4, 0.5) is 0 Å². The van der Waals surface area contributed by atoms with Gasteiger partial charge in [-0.15, -0.1) is 0 Å². The first-order valence-electron chi connectivity index (χ1n) is 9.58. The third-order valence-electron chi connectivity index (χ3n) is 4.65. The summed E-state index contributed by atoms with van der Waals surface area (Å²) in [5.41, 5.74) is 1.43. The Morgan fingerprint density at radius 3 is 2.24 bits per heavy atom. The van der Waals surface area contributed by atoms with Gasteiger partial charge in [-0.1, -0.05) is 66.3 Å². The molecule has 0 aliphatic carbocycles. The Morgan fingerprint density at radius 1 is 1.03 bits per heavy atom. The number of unbranched alkanes of at least 4 members (excludes halogenated alkanes) is 1. The highest BCUT2D eigenvalue weighted by molar-refractivity contribution is 6.36. The molecule has 0 radical (unpaired) electrons. The maximum atomic E-state index is 13.2. The van der Waals surface area contributed by atoms with Crippen molar-refractivity contribution in [3.8, 4) is 0 Å². The number of nitrogens with one attached hydrogen (secondary N) is 1. The predicted molar refractivity (Wildman–Crippen MR) is 120 cm³/mol. The molecule has 2 aromatic carbocycles. The van der Waals surface area contributed by atoms with Crippen molar-refractivity contribution in [2.24, 2.45) is 0 Å². The molecule has 0 spiro atoms. The minimum absolute atomic E-state index is 0.0126. The standard InChI is InChI=1S/C22H25Cl3N2O2/c1-3-4-12-26-22(29)15(2)27(14-16-8-10-17(23)11-9-16)21(28)13-18-19(24)6-5-7-20(18)25/h5-11,15H,3-4,12-14H2,1-2H3,(H,26,29)/t15-/m0/s1. The fourth-order valence-electron chi connectivity index (χ4n) is 2.86. The molecule has 0 aliphatic heterocycles. The molecule has 4 nitrogen and oxygen atoms in total. The molecule has 0 heterocycles. The summed E-state index contributed by atoms with van der Waals surface area (Å²) in [5.74, 6) is -0.417. The van der Waals surface area contributed by atoms with Crippen LogP contribution < -0.4 is 5.32 Å². The van der Waals surface area contributed by atoms with Crippen LogP contribution in [0.3, 0.4) is 0 Å². The molecule has 0 bridgehead atoms. The van der Waals surface area contributed by atoms with Gasteiger partial charge in [-0.25, -0.2) is 0 Å². The molecule has 0 fully saturated rings. The van der Waals surface area contributed by atoms with Gasteiger partial charge >= 0.3 is 0 Å². The highest BCUT2D eigenvalue weighted by atomic mass is 35.5. The van der Waals surface area contributed by atoms with Crippen LogP contribution >= 0.6 is 34.8 Å². The SMILES string of the molecule is CCCCNC(=O)[C@H](C)N(Cc1ccc(Cl)cc1)C(=O)Cc1c(Cl)cccc1Cl. The lowest BCUT2D eigenvalue weighted by Crippen LogP contribution is -2.48. The van der Waals surface area contributed by atoms with Gasteiger partial charge in [-0.2, -0.15) is 0 Å². The largest absolute Gasteiger partial charge is 0.354 e. The fraction of sp³-hybridized carbons (Fsp3) is 0.364. The summed E-state index contributed by atoms with van der Waals surface area (Å²) in [6.07, 6.45) is 1.88. The molecule has 1 atom stereocenters. The number of amides is 2. The van der Waals surface area contributed by atoms with Crippen LogP contribution in [0.1, 0.15) is 37.8 Å². The van der Waals surface area contributed by atoms with Crippen LogP contribution in [0.5, 0.6) is 0 Å². The van der Waals surface area contributed by atoms with Gasteiger partial charge in [0.05, 0.1) is 6.42 Å². The average Bonchev–Trinajstić information content (AvgIpc) is 2.70. The molecule has 0 aliphatic rings. The Balaban J connectivity index is 2.23. The molecule has 0 saturated heterocycles. The molecule has 1 N–H and O–H groups in total. The number of nitrogens with zero attached hydrogens (tertiary/aromatic N) is 1. The number of carbonyl (C=O) groups excluding carboxylic acids is 2. The average molecular weight is 456 g/mol. The lowest BCUT2D eigenvalue weighted by molar-refractivity contribution is -0.140. The zero-order valence-corrected chi connectivity index (χ0v) is 18.8. The van der Waals surface area contributed by atoms with Crippen molar-refractivity contribution in [1.29, 1.82) is 0 Å². The molecule has 2 aromatic rings. The number of benzene rings is 2. The van der Waals surface area contributed by atoms with Gasteiger partial charge in [0.25, 0.3) is 0 Å². The summed E-state index contributed by atoms with van der Waals surface area (Å²) >= 11 is 18.4. The Labute approximate surface area is 187 Å². The van der Waals surface area contributed by atoms with Gasteiger partial charge in [0, 0.05) is 28.2 Å². The minimum atomic E-state index is -0.642. The number of halogens is 3. The van der Waals surface area contributed by atoms with Crippen molar-refractivity contribution in [3.05, 3.63) is 68.7 Å². The van der Waals surface area contributed by atoms with Crippen LogP contribution in [0, 0.1) is 0 Å². The summed E-state index contributed by atoms with van der Waals surface area (Å²) in [7, 11) is 0. The Kier molecular flexibility index (Phi) is 9.28. The van der Waals surface area contributed by atoms with E-state index in [1.807, 2.05) is 12.1 Å². The van der Waals surface area contributed by atoms with E-state index in [-0.39, 0.29) is 24.8 Å². The number of carbonyl (C=O) groups is 2. The van der Waals surface area contributed by atoms with E-state index in [1.54, 1.807) is 42.2 Å². The lowest BCUT2D eigenvalue weighted by Gasteiger charge is -2.29. The van der Waals surface area contributed by atoms with Crippen molar-refractivity contribution in [3.63, 3.8) is 0 Å². The Hall–Kier alpha value is -1.75. The molecule has 0 saturated carbocycles. The number of rotatable bonds is 9. The highest BCUT2D eigenvalue weighted by Gasteiger charge is 2.27. The quantitative estimate of drug-likeness (QED) is 0.506. The summed E-state index contributed by atoms with van der Waals surface area (Å²) in [6.45, 7) is 4.64. The number of hydrogen-bond acceptors (Lipinski definition) is 2. The third-order valence-corrected chi connectivity index (χ3v) is 5.61. The van der Waals surface area contributed by atoms with Crippen LogP contribution in [-0.2, 0) is 22.6 Å².